The quantitative estimate of drug-likeness (QED) is 0.619. The minimum atomic E-state index is 0.106. The van der Waals surface area contributed by atoms with Gasteiger partial charge in [-0.15, -0.1) is 0 Å². The fourth-order valence-electron chi connectivity index (χ4n) is 2.16. The number of ether oxygens (including phenoxy) is 1. The van der Waals surface area contributed by atoms with Crippen LogP contribution < -0.4 is 5.32 Å². The van der Waals surface area contributed by atoms with E-state index in [0.29, 0.717) is 6.61 Å². The Balaban J connectivity index is 2.24. The first-order valence-corrected chi connectivity index (χ1v) is 8.33. The zero-order valence-corrected chi connectivity index (χ0v) is 14.6. The van der Waals surface area contributed by atoms with Crippen molar-refractivity contribution in [1.29, 1.82) is 0 Å². The van der Waals surface area contributed by atoms with Gasteiger partial charge in [0.25, 0.3) is 0 Å². The first kappa shape index (κ1) is 18.2. The van der Waals surface area contributed by atoms with Crippen LogP contribution in [0.3, 0.4) is 0 Å². The molecule has 0 spiro atoms. The van der Waals surface area contributed by atoms with Gasteiger partial charge in [-0.25, -0.2) is 0 Å². The number of rotatable bonds is 10. The van der Waals surface area contributed by atoms with E-state index in [0.717, 1.165) is 31.1 Å². The van der Waals surface area contributed by atoms with E-state index in [4.69, 9.17) is 9.15 Å². The second-order valence-corrected chi connectivity index (χ2v) is 6.89. The Hall–Kier alpha value is -0.800. The summed E-state index contributed by atoms with van der Waals surface area (Å²) < 4.78 is 11.6. The molecular weight excluding hydrogens is 262 g/mol. The van der Waals surface area contributed by atoms with Crippen LogP contribution in [0, 0.1) is 6.92 Å². The van der Waals surface area contributed by atoms with Crippen LogP contribution >= 0.6 is 0 Å². The third-order valence-corrected chi connectivity index (χ3v) is 3.49. The average Bonchev–Trinajstić information content (AvgIpc) is 2.75. The third kappa shape index (κ3) is 8.27. The molecule has 0 aliphatic heterocycles. The molecule has 0 amide bonds. The number of aryl methyl sites for hydroxylation is 1. The first-order valence-electron chi connectivity index (χ1n) is 8.33. The molecule has 0 unspecified atom stereocenters. The molecule has 1 aromatic rings. The Morgan fingerprint density at radius 3 is 2.52 bits per heavy atom. The average molecular weight is 295 g/mol. The molecule has 0 saturated carbocycles. The molecule has 0 aliphatic rings. The fourth-order valence-corrected chi connectivity index (χ4v) is 2.16. The minimum Gasteiger partial charge on any atom is -0.462 e. The highest BCUT2D eigenvalue weighted by Gasteiger charge is 2.12. The summed E-state index contributed by atoms with van der Waals surface area (Å²) >= 11 is 0. The van der Waals surface area contributed by atoms with Gasteiger partial charge in [-0.2, -0.15) is 0 Å². The second-order valence-electron chi connectivity index (χ2n) is 6.89. The van der Waals surface area contributed by atoms with Crippen molar-refractivity contribution in [1.82, 2.24) is 5.32 Å². The predicted molar refractivity (Wildman–Crippen MR) is 88.5 cm³/mol. The largest absolute Gasteiger partial charge is 0.462 e. The topological polar surface area (TPSA) is 34.4 Å². The molecule has 0 aliphatic carbocycles. The van der Waals surface area contributed by atoms with Gasteiger partial charge in [0, 0.05) is 12.1 Å². The molecule has 0 aromatic carbocycles. The van der Waals surface area contributed by atoms with Gasteiger partial charge in [-0.1, -0.05) is 32.6 Å². The Kier molecular flexibility index (Phi) is 8.05. The van der Waals surface area contributed by atoms with Crippen LogP contribution in [-0.2, 0) is 17.9 Å². The molecule has 0 fully saturated rings. The highest BCUT2D eigenvalue weighted by molar-refractivity contribution is 5.19. The van der Waals surface area contributed by atoms with Crippen LogP contribution in [-0.4, -0.2) is 12.1 Å². The molecule has 1 aromatic heterocycles. The van der Waals surface area contributed by atoms with E-state index in [2.05, 4.69) is 46.0 Å². The van der Waals surface area contributed by atoms with Crippen molar-refractivity contribution < 1.29 is 9.15 Å². The van der Waals surface area contributed by atoms with Gasteiger partial charge in [0.1, 0.15) is 18.1 Å². The van der Waals surface area contributed by atoms with Crippen LogP contribution in [0.25, 0.3) is 0 Å². The van der Waals surface area contributed by atoms with Crippen LogP contribution in [0.2, 0.25) is 0 Å². The van der Waals surface area contributed by atoms with Crippen LogP contribution in [0.15, 0.2) is 10.5 Å². The molecule has 1 N–H and O–H groups in total. The number of furan rings is 1. The lowest BCUT2D eigenvalue weighted by Gasteiger charge is -2.19. The summed E-state index contributed by atoms with van der Waals surface area (Å²) in [5, 5.41) is 3.45. The SMILES string of the molecule is CCCCCCCOCc1cc(C)c(CNC(C)(C)C)o1. The summed E-state index contributed by atoms with van der Waals surface area (Å²) in [6, 6.07) is 2.09. The Bertz CT molecular complexity index is 390. The Morgan fingerprint density at radius 2 is 1.86 bits per heavy atom. The van der Waals surface area contributed by atoms with E-state index < -0.39 is 0 Å². The van der Waals surface area contributed by atoms with Gasteiger partial charge in [-0.05, 0) is 45.7 Å². The molecule has 1 heterocycles. The molecule has 3 nitrogen and oxygen atoms in total. The molecular formula is C18H33NO2. The Morgan fingerprint density at radius 1 is 1.14 bits per heavy atom. The van der Waals surface area contributed by atoms with Crippen molar-refractivity contribution in [3.8, 4) is 0 Å². The number of hydrogen-bond acceptors (Lipinski definition) is 3. The lowest BCUT2D eigenvalue weighted by molar-refractivity contribution is 0.101. The van der Waals surface area contributed by atoms with Gasteiger partial charge in [-0.3, -0.25) is 0 Å². The molecule has 0 bridgehead atoms. The normalized spacial score (nSPS) is 12.0. The van der Waals surface area contributed by atoms with Gasteiger partial charge in [0.15, 0.2) is 0 Å². The zero-order valence-electron chi connectivity index (χ0n) is 14.6. The molecule has 1 rings (SSSR count). The van der Waals surface area contributed by atoms with Crippen molar-refractivity contribution in [3.63, 3.8) is 0 Å². The molecule has 0 atom stereocenters. The van der Waals surface area contributed by atoms with Crippen molar-refractivity contribution in [3.05, 3.63) is 23.2 Å². The van der Waals surface area contributed by atoms with Crippen LogP contribution in [0.5, 0.6) is 0 Å². The standard InChI is InChI=1S/C18H33NO2/c1-6-7-8-9-10-11-20-14-16-12-15(2)17(21-16)13-19-18(3,4)5/h12,19H,6-11,13-14H2,1-5H3. The van der Waals surface area contributed by atoms with Crippen molar-refractivity contribution >= 4 is 0 Å². The Labute approximate surface area is 130 Å². The molecule has 0 radical (unpaired) electrons. The van der Waals surface area contributed by atoms with Gasteiger partial charge in [0.05, 0.1) is 6.54 Å². The van der Waals surface area contributed by atoms with E-state index in [1.54, 1.807) is 0 Å². The van der Waals surface area contributed by atoms with Crippen molar-refractivity contribution in [2.75, 3.05) is 6.61 Å². The summed E-state index contributed by atoms with van der Waals surface area (Å²) in [4.78, 5) is 0. The maximum absolute atomic E-state index is 5.87. The van der Waals surface area contributed by atoms with Crippen molar-refractivity contribution in [2.45, 2.75) is 85.4 Å². The van der Waals surface area contributed by atoms with E-state index in [-0.39, 0.29) is 5.54 Å². The van der Waals surface area contributed by atoms with Gasteiger partial charge >= 0.3 is 0 Å². The maximum atomic E-state index is 5.87. The minimum absolute atomic E-state index is 0.106. The second kappa shape index (κ2) is 9.26. The summed E-state index contributed by atoms with van der Waals surface area (Å²) in [6.07, 6.45) is 6.37. The van der Waals surface area contributed by atoms with Crippen LogP contribution in [0.4, 0.5) is 0 Å². The number of nitrogens with one attached hydrogen (secondary N) is 1. The smallest absolute Gasteiger partial charge is 0.130 e. The van der Waals surface area contributed by atoms with Crippen molar-refractivity contribution in [2.24, 2.45) is 0 Å². The van der Waals surface area contributed by atoms with Gasteiger partial charge < -0.3 is 14.5 Å². The number of hydrogen-bond donors (Lipinski definition) is 1. The maximum Gasteiger partial charge on any atom is 0.130 e. The highest BCUT2D eigenvalue weighted by Crippen LogP contribution is 2.16. The molecule has 0 saturated heterocycles. The summed E-state index contributed by atoms with van der Waals surface area (Å²) in [7, 11) is 0. The molecule has 21 heavy (non-hydrogen) atoms. The van der Waals surface area contributed by atoms with E-state index >= 15 is 0 Å². The highest BCUT2D eigenvalue weighted by atomic mass is 16.5. The van der Waals surface area contributed by atoms with E-state index in [9.17, 15) is 0 Å². The molecule has 3 heteroatoms. The van der Waals surface area contributed by atoms with Crippen LogP contribution in [0.1, 0.15) is 76.9 Å². The van der Waals surface area contributed by atoms with Gasteiger partial charge in [0.2, 0.25) is 0 Å². The summed E-state index contributed by atoms with van der Waals surface area (Å²) in [5.41, 5.74) is 1.31. The lowest BCUT2D eigenvalue weighted by Crippen LogP contribution is -2.35. The van der Waals surface area contributed by atoms with E-state index in [1.165, 1.54) is 31.2 Å². The zero-order chi connectivity index (χ0) is 15.7. The lowest BCUT2D eigenvalue weighted by atomic mass is 10.1. The predicted octanol–water partition coefficient (Wildman–Crippen LogP) is 4.96. The summed E-state index contributed by atoms with van der Waals surface area (Å²) in [6.45, 7) is 13.0. The van der Waals surface area contributed by atoms with E-state index in [1.807, 2.05) is 0 Å². The third-order valence-electron chi connectivity index (χ3n) is 3.49. The molecule has 122 valence electrons. The first-order chi connectivity index (χ1) is 9.92. The summed E-state index contributed by atoms with van der Waals surface area (Å²) in [5.74, 6) is 1.96. The number of unbranched alkanes of at least 4 members (excludes halogenated alkanes) is 4. The fraction of sp³-hybridized carbons (Fsp3) is 0.778. The monoisotopic (exact) mass is 295 g/mol.